The Morgan fingerprint density at radius 2 is 2.38 bits per heavy atom. The largest absolute Gasteiger partial charge is 0.545 e. The van der Waals surface area contributed by atoms with Crippen LogP contribution in [0.2, 0.25) is 0 Å². The van der Waals surface area contributed by atoms with Crippen LogP contribution in [0.1, 0.15) is 0 Å². The van der Waals surface area contributed by atoms with E-state index in [1.54, 1.807) is 0 Å². The minimum atomic E-state index is -1.26. The number of hydrogen-bond donors (Lipinski definition) is 0. The van der Waals surface area contributed by atoms with Gasteiger partial charge in [0.2, 0.25) is 0 Å². The van der Waals surface area contributed by atoms with Crippen LogP contribution in [0.4, 0.5) is 0 Å². The van der Waals surface area contributed by atoms with Crippen molar-refractivity contribution in [1.82, 2.24) is 0 Å². The molecule has 0 aliphatic rings. The highest BCUT2D eigenvalue weighted by Gasteiger charge is 1.89. The highest BCUT2D eigenvalue weighted by molar-refractivity contribution is 5.84. The maximum atomic E-state index is 9.80. The zero-order chi connectivity index (χ0) is 6.57. The van der Waals surface area contributed by atoms with Gasteiger partial charge in [0, 0.05) is 7.11 Å². The third kappa shape index (κ3) is 2.36. The van der Waals surface area contributed by atoms with Crippen molar-refractivity contribution < 1.29 is 14.6 Å². The van der Waals surface area contributed by atoms with Crippen LogP contribution in [-0.4, -0.2) is 19.7 Å². The molecule has 8 heavy (non-hydrogen) atoms. The molecule has 0 fully saturated rings. The molecule has 0 bridgehead atoms. The SMILES string of the molecule is C=C(COC)C(=O)[O-]. The molecular weight excluding hydrogens is 108 g/mol. The predicted octanol–water partition coefficient (Wildman–Crippen LogP) is -1.06. The molecule has 0 saturated heterocycles. The van der Waals surface area contributed by atoms with E-state index in [0.29, 0.717) is 0 Å². The lowest BCUT2D eigenvalue weighted by Crippen LogP contribution is -2.25. The van der Waals surface area contributed by atoms with Crippen LogP contribution >= 0.6 is 0 Å². The molecule has 0 atom stereocenters. The van der Waals surface area contributed by atoms with Crippen molar-refractivity contribution >= 4 is 5.97 Å². The van der Waals surface area contributed by atoms with Gasteiger partial charge in [-0.25, -0.2) is 0 Å². The molecule has 3 heteroatoms. The second-order valence-electron chi connectivity index (χ2n) is 1.32. The number of ether oxygens (including phenoxy) is 1. The third-order valence-electron chi connectivity index (χ3n) is 0.607. The molecule has 0 heterocycles. The normalized spacial score (nSPS) is 8.62. The number of hydrogen-bond acceptors (Lipinski definition) is 3. The molecule has 0 spiro atoms. The molecule has 0 N–H and O–H groups in total. The van der Waals surface area contributed by atoms with Crippen LogP contribution in [0, 0.1) is 0 Å². The standard InChI is InChI=1S/C5H8O3/c1-4(3-8-2)5(6)7/h1,3H2,2H3,(H,6,7)/p-1. The Morgan fingerprint density at radius 1 is 1.88 bits per heavy atom. The predicted molar refractivity (Wildman–Crippen MR) is 26.0 cm³/mol. The van der Waals surface area contributed by atoms with E-state index < -0.39 is 5.97 Å². The molecule has 0 aromatic heterocycles. The fourth-order valence-corrected chi connectivity index (χ4v) is 0.233. The van der Waals surface area contributed by atoms with Crippen molar-refractivity contribution in [2.75, 3.05) is 13.7 Å². The van der Waals surface area contributed by atoms with Gasteiger partial charge in [0.1, 0.15) is 0 Å². The summed E-state index contributed by atoms with van der Waals surface area (Å²) in [7, 11) is 1.40. The van der Waals surface area contributed by atoms with Crippen molar-refractivity contribution in [2.24, 2.45) is 0 Å². The average Bonchev–Trinajstić information content (AvgIpc) is 1.67. The number of carbonyl (C=O) groups is 1. The van der Waals surface area contributed by atoms with Crippen LogP contribution < -0.4 is 5.11 Å². The third-order valence-corrected chi connectivity index (χ3v) is 0.607. The van der Waals surface area contributed by atoms with Crippen LogP contribution in [0.3, 0.4) is 0 Å². The highest BCUT2D eigenvalue weighted by Crippen LogP contribution is 1.84. The van der Waals surface area contributed by atoms with Crippen LogP contribution in [0.15, 0.2) is 12.2 Å². The van der Waals surface area contributed by atoms with Gasteiger partial charge < -0.3 is 14.6 Å². The zero-order valence-electron chi connectivity index (χ0n) is 4.64. The van der Waals surface area contributed by atoms with Gasteiger partial charge in [-0.3, -0.25) is 0 Å². The molecule has 0 aliphatic carbocycles. The number of methoxy groups -OCH3 is 1. The minimum absolute atomic E-state index is 0.0301. The summed E-state index contributed by atoms with van der Waals surface area (Å²) in [5, 5.41) is 9.80. The van der Waals surface area contributed by atoms with Crippen molar-refractivity contribution in [1.29, 1.82) is 0 Å². The Kier molecular flexibility index (Phi) is 2.88. The van der Waals surface area contributed by atoms with Gasteiger partial charge in [0.15, 0.2) is 0 Å². The maximum Gasteiger partial charge on any atom is 0.0724 e. The molecule has 0 rings (SSSR count). The minimum Gasteiger partial charge on any atom is -0.545 e. The molecule has 0 unspecified atom stereocenters. The monoisotopic (exact) mass is 115 g/mol. The molecule has 0 aromatic carbocycles. The summed E-state index contributed by atoms with van der Waals surface area (Å²) >= 11 is 0. The Morgan fingerprint density at radius 3 is 2.50 bits per heavy atom. The van der Waals surface area contributed by atoms with E-state index in [9.17, 15) is 9.90 Å². The van der Waals surface area contributed by atoms with Crippen LogP contribution in [0.25, 0.3) is 0 Å². The molecular formula is C5H7O3-. The first-order valence-electron chi connectivity index (χ1n) is 2.06. The summed E-state index contributed by atoms with van der Waals surface area (Å²) in [4.78, 5) is 9.80. The summed E-state index contributed by atoms with van der Waals surface area (Å²) in [6, 6.07) is 0. The number of aliphatic carboxylic acids is 1. The number of rotatable bonds is 3. The fraction of sp³-hybridized carbons (Fsp3) is 0.400. The van der Waals surface area contributed by atoms with Crippen LogP contribution in [-0.2, 0) is 9.53 Å². The second kappa shape index (κ2) is 3.21. The molecule has 46 valence electrons. The average molecular weight is 115 g/mol. The van der Waals surface area contributed by atoms with Gasteiger partial charge in [0.05, 0.1) is 12.6 Å². The highest BCUT2D eigenvalue weighted by atomic mass is 16.5. The Labute approximate surface area is 47.6 Å². The van der Waals surface area contributed by atoms with Gasteiger partial charge >= 0.3 is 0 Å². The van der Waals surface area contributed by atoms with E-state index in [-0.39, 0.29) is 12.2 Å². The molecule has 0 aliphatic heterocycles. The summed E-state index contributed by atoms with van der Waals surface area (Å²) in [5.74, 6) is -1.26. The number of carbonyl (C=O) groups excluding carboxylic acids is 1. The summed E-state index contributed by atoms with van der Waals surface area (Å²) in [6.45, 7) is 3.19. The quantitative estimate of drug-likeness (QED) is 0.440. The van der Waals surface area contributed by atoms with Crippen molar-refractivity contribution in [3.05, 3.63) is 12.2 Å². The lowest BCUT2D eigenvalue weighted by atomic mass is 10.3. The summed E-state index contributed by atoms with van der Waals surface area (Å²) in [5.41, 5.74) is -0.0347. The van der Waals surface area contributed by atoms with Gasteiger partial charge in [-0.15, -0.1) is 0 Å². The van der Waals surface area contributed by atoms with E-state index in [0.717, 1.165) is 0 Å². The van der Waals surface area contributed by atoms with Gasteiger partial charge in [0.25, 0.3) is 0 Å². The van der Waals surface area contributed by atoms with Gasteiger partial charge in [-0.1, -0.05) is 6.58 Å². The molecule has 0 amide bonds. The van der Waals surface area contributed by atoms with Crippen molar-refractivity contribution in [2.45, 2.75) is 0 Å². The Hall–Kier alpha value is -0.830. The van der Waals surface area contributed by atoms with E-state index in [1.807, 2.05) is 0 Å². The number of carboxylic acid groups (broad SMARTS) is 1. The van der Waals surface area contributed by atoms with E-state index in [1.165, 1.54) is 7.11 Å². The topological polar surface area (TPSA) is 49.4 Å². The van der Waals surface area contributed by atoms with E-state index in [4.69, 9.17) is 0 Å². The van der Waals surface area contributed by atoms with Crippen LogP contribution in [0.5, 0.6) is 0 Å². The zero-order valence-corrected chi connectivity index (χ0v) is 4.64. The van der Waals surface area contributed by atoms with Gasteiger partial charge in [-0.2, -0.15) is 0 Å². The molecule has 0 radical (unpaired) electrons. The number of carboxylic acids is 1. The molecule has 0 aromatic rings. The first-order chi connectivity index (χ1) is 3.68. The van der Waals surface area contributed by atoms with Crippen molar-refractivity contribution in [3.8, 4) is 0 Å². The lowest BCUT2D eigenvalue weighted by molar-refractivity contribution is -0.299. The Bertz CT molecular complexity index is 106. The second-order valence-corrected chi connectivity index (χ2v) is 1.32. The van der Waals surface area contributed by atoms with Gasteiger partial charge in [-0.05, 0) is 5.57 Å². The summed E-state index contributed by atoms with van der Waals surface area (Å²) in [6.07, 6.45) is 0. The first-order valence-corrected chi connectivity index (χ1v) is 2.06. The molecule has 3 nitrogen and oxygen atoms in total. The van der Waals surface area contributed by atoms with E-state index >= 15 is 0 Å². The smallest absolute Gasteiger partial charge is 0.0724 e. The maximum absolute atomic E-state index is 9.80. The van der Waals surface area contributed by atoms with E-state index in [2.05, 4.69) is 11.3 Å². The first kappa shape index (κ1) is 7.17. The molecule has 0 saturated carbocycles. The summed E-state index contributed by atoms with van der Waals surface area (Å²) < 4.78 is 4.44. The lowest BCUT2D eigenvalue weighted by Gasteiger charge is -2.02. The fourth-order valence-electron chi connectivity index (χ4n) is 0.233. The Balaban J connectivity index is 3.49. The van der Waals surface area contributed by atoms with Crippen molar-refractivity contribution in [3.63, 3.8) is 0 Å².